The lowest BCUT2D eigenvalue weighted by molar-refractivity contribution is -0.135. The number of hydrogen-bond donors (Lipinski definition) is 2. The number of hydrogen-bond acceptors (Lipinski definition) is 3. The first-order chi connectivity index (χ1) is 13.2. The zero-order valence-electron chi connectivity index (χ0n) is 17.8. The van der Waals surface area contributed by atoms with Crippen LogP contribution in [0.15, 0.2) is 54.6 Å². The standard InChI is InChI=1S/C12H18ClN.C6H6.C5H11NO2/c1-3-7-14-8-6-11-4-5-12(13)9-10(11)2;1-2-4-6-5-3-1;1-5(2,8-3)4(6)7/h4-5,9,14H,3,6-8H2,1-2H3;1-6H;1-3H3,(H2,6,7). The summed E-state index contributed by atoms with van der Waals surface area (Å²) in [5.41, 5.74) is 6.77. The number of carbonyl (C=O) groups is 1. The van der Waals surface area contributed by atoms with E-state index in [2.05, 4.69) is 25.2 Å². The van der Waals surface area contributed by atoms with Gasteiger partial charge in [-0.15, -0.1) is 0 Å². The van der Waals surface area contributed by atoms with Gasteiger partial charge in [0.1, 0.15) is 5.60 Å². The van der Waals surface area contributed by atoms with Crippen LogP contribution < -0.4 is 11.1 Å². The molecule has 156 valence electrons. The maximum Gasteiger partial charge on any atom is 0.249 e. The summed E-state index contributed by atoms with van der Waals surface area (Å²) in [6, 6.07) is 18.1. The first-order valence-electron chi connectivity index (χ1n) is 9.55. The summed E-state index contributed by atoms with van der Waals surface area (Å²) in [7, 11) is 1.45. The molecule has 1 amide bonds. The van der Waals surface area contributed by atoms with Crippen molar-refractivity contribution in [2.45, 2.75) is 46.1 Å². The molecular formula is C23H35ClN2O2. The summed E-state index contributed by atoms with van der Waals surface area (Å²) in [6.45, 7) is 9.69. The second-order valence-electron chi connectivity index (χ2n) is 6.80. The van der Waals surface area contributed by atoms with Gasteiger partial charge in [0, 0.05) is 12.1 Å². The predicted molar refractivity (Wildman–Crippen MR) is 120 cm³/mol. The van der Waals surface area contributed by atoms with Gasteiger partial charge in [0.2, 0.25) is 5.91 Å². The maximum absolute atomic E-state index is 10.3. The third-order valence-electron chi connectivity index (χ3n) is 4.07. The molecule has 0 unspecified atom stereocenters. The molecule has 2 rings (SSSR count). The van der Waals surface area contributed by atoms with E-state index in [0.29, 0.717) is 0 Å². The fourth-order valence-corrected chi connectivity index (χ4v) is 2.18. The van der Waals surface area contributed by atoms with Crippen molar-refractivity contribution in [2.75, 3.05) is 20.2 Å². The van der Waals surface area contributed by atoms with Gasteiger partial charge in [0.25, 0.3) is 0 Å². The van der Waals surface area contributed by atoms with Gasteiger partial charge in [0.05, 0.1) is 0 Å². The number of amides is 1. The van der Waals surface area contributed by atoms with E-state index in [4.69, 9.17) is 22.1 Å². The Morgan fingerprint density at radius 3 is 2.00 bits per heavy atom. The molecule has 3 N–H and O–H groups in total. The van der Waals surface area contributed by atoms with Crippen molar-refractivity contribution in [3.05, 3.63) is 70.7 Å². The molecule has 28 heavy (non-hydrogen) atoms. The molecule has 0 atom stereocenters. The minimum Gasteiger partial charge on any atom is -0.369 e. The molecule has 0 bridgehead atoms. The number of ether oxygens (including phenoxy) is 1. The van der Waals surface area contributed by atoms with E-state index in [9.17, 15) is 4.79 Å². The van der Waals surface area contributed by atoms with Crippen LogP contribution in [0.2, 0.25) is 5.02 Å². The van der Waals surface area contributed by atoms with Crippen molar-refractivity contribution >= 4 is 17.5 Å². The van der Waals surface area contributed by atoms with Gasteiger partial charge in [0.15, 0.2) is 0 Å². The summed E-state index contributed by atoms with van der Waals surface area (Å²) in [4.78, 5) is 10.3. The van der Waals surface area contributed by atoms with E-state index >= 15 is 0 Å². The molecule has 0 aliphatic carbocycles. The number of carbonyl (C=O) groups excluding carboxylic acids is 1. The lowest BCUT2D eigenvalue weighted by Crippen LogP contribution is -2.39. The van der Waals surface area contributed by atoms with Crippen molar-refractivity contribution in [3.8, 4) is 0 Å². The zero-order chi connectivity index (χ0) is 21.4. The highest BCUT2D eigenvalue weighted by molar-refractivity contribution is 6.30. The molecule has 0 saturated carbocycles. The third-order valence-corrected chi connectivity index (χ3v) is 4.31. The van der Waals surface area contributed by atoms with E-state index in [1.807, 2.05) is 48.5 Å². The Labute approximate surface area is 175 Å². The molecule has 0 radical (unpaired) electrons. The lowest BCUT2D eigenvalue weighted by Gasteiger charge is -2.17. The fourth-order valence-electron chi connectivity index (χ4n) is 1.95. The summed E-state index contributed by atoms with van der Waals surface area (Å²) in [6.07, 6.45) is 2.28. The molecule has 0 fully saturated rings. The maximum atomic E-state index is 10.3. The second kappa shape index (κ2) is 15.1. The molecule has 0 aliphatic heterocycles. The number of halogens is 1. The number of aryl methyl sites for hydroxylation is 1. The highest BCUT2D eigenvalue weighted by atomic mass is 35.5. The van der Waals surface area contributed by atoms with Gasteiger partial charge in [-0.05, 0) is 70.0 Å². The van der Waals surface area contributed by atoms with E-state index < -0.39 is 11.5 Å². The first kappa shape index (κ1) is 26.1. The van der Waals surface area contributed by atoms with Crippen LogP contribution in [0.4, 0.5) is 0 Å². The summed E-state index contributed by atoms with van der Waals surface area (Å²) in [5.74, 6) is -0.444. The van der Waals surface area contributed by atoms with Crippen LogP contribution in [0, 0.1) is 6.92 Å². The van der Waals surface area contributed by atoms with Crippen LogP contribution in [-0.4, -0.2) is 31.7 Å². The Balaban J connectivity index is 0.000000438. The normalized spacial score (nSPS) is 10.2. The Morgan fingerprint density at radius 2 is 1.64 bits per heavy atom. The van der Waals surface area contributed by atoms with Gasteiger partial charge >= 0.3 is 0 Å². The smallest absolute Gasteiger partial charge is 0.249 e. The zero-order valence-corrected chi connectivity index (χ0v) is 18.6. The number of benzene rings is 2. The molecule has 0 saturated heterocycles. The third kappa shape index (κ3) is 12.5. The number of nitrogens with one attached hydrogen (secondary N) is 1. The SMILES string of the molecule is CCCNCCc1ccc(Cl)cc1C.COC(C)(C)C(N)=O.c1ccccc1. The number of primary amides is 1. The first-order valence-corrected chi connectivity index (χ1v) is 9.93. The Morgan fingerprint density at radius 1 is 1.11 bits per heavy atom. The number of nitrogens with two attached hydrogens (primary N) is 1. The molecule has 0 heterocycles. The minimum atomic E-state index is -0.819. The van der Waals surface area contributed by atoms with Crippen molar-refractivity contribution < 1.29 is 9.53 Å². The molecule has 0 aromatic heterocycles. The monoisotopic (exact) mass is 406 g/mol. The van der Waals surface area contributed by atoms with Crippen LogP contribution >= 0.6 is 11.6 Å². The van der Waals surface area contributed by atoms with E-state index in [0.717, 1.165) is 24.5 Å². The molecule has 0 spiro atoms. The van der Waals surface area contributed by atoms with Gasteiger partial charge in [-0.2, -0.15) is 0 Å². The summed E-state index contributed by atoms with van der Waals surface area (Å²) in [5, 5.41) is 4.22. The second-order valence-corrected chi connectivity index (χ2v) is 7.24. The van der Waals surface area contributed by atoms with Crippen molar-refractivity contribution in [1.82, 2.24) is 5.32 Å². The van der Waals surface area contributed by atoms with E-state index in [1.165, 1.54) is 24.7 Å². The van der Waals surface area contributed by atoms with Crippen LogP contribution in [0.1, 0.15) is 38.3 Å². The average Bonchev–Trinajstić information content (AvgIpc) is 2.69. The molecule has 2 aromatic rings. The van der Waals surface area contributed by atoms with Crippen molar-refractivity contribution in [3.63, 3.8) is 0 Å². The van der Waals surface area contributed by atoms with Gasteiger partial charge in [-0.1, -0.05) is 61.0 Å². The number of methoxy groups -OCH3 is 1. The Bertz CT molecular complexity index is 634. The van der Waals surface area contributed by atoms with Crippen LogP contribution in [0.25, 0.3) is 0 Å². The van der Waals surface area contributed by atoms with E-state index in [-0.39, 0.29) is 0 Å². The van der Waals surface area contributed by atoms with Gasteiger partial charge in [-0.25, -0.2) is 0 Å². The van der Waals surface area contributed by atoms with Gasteiger partial charge < -0.3 is 15.8 Å². The minimum absolute atomic E-state index is 0.444. The average molecular weight is 407 g/mol. The fraction of sp³-hybridized carbons (Fsp3) is 0.435. The number of rotatable bonds is 7. The largest absolute Gasteiger partial charge is 0.369 e. The topological polar surface area (TPSA) is 64.3 Å². The summed E-state index contributed by atoms with van der Waals surface area (Å²) >= 11 is 5.89. The molecule has 0 aliphatic rings. The van der Waals surface area contributed by atoms with Gasteiger partial charge in [-0.3, -0.25) is 4.79 Å². The molecule has 5 heteroatoms. The molecular weight excluding hydrogens is 372 g/mol. The predicted octanol–water partition coefficient (Wildman–Crippen LogP) is 4.77. The van der Waals surface area contributed by atoms with E-state index in [1.54, 1.807) is 13.8 Å². The van der Waals surface area contributed by atoms with Crippen LogP contribution in [0.5, 0.6) is 0 Å². The Kier molecular flexibility index (Phi) is 14.1. The Hall–Kier alpha value is -1.88. The van der Waals surface area contributed by atoms with Crippen molar-refractivity contribution in [2.24, 2.45) is 5.73 Å². The van der Waals surface area contributed by atoms with Crippen LogP contribution in [0.3, 0.4) is 0 Å². The quantitative estimate of drug-likeness (QED) is 0.650. The highest BCUT2D eigenvalue weighted by Crippen LogP contribution is 2.15. The molecule has 2 aromatic carbocycles. The summed E-state index contributed by atoms with van der Waals surface area (Å²) < 4.78 is 4.72. The lowest BCUT2D eigenvalue weighted by atomic mass is 10.1. The highest BCUT2D eigenvalue weighted by Gasteiger charge is 2.22. The van der Waals surface area contributed by atoms with Crippen molar-refractivity contribution in [1.29, 1.82) is 0 Å². The molecule has 4 nitrogen and oxygen atoms in total. The van der Waals surface area contributed by atoms with Crippen LogP contribution in [-0.2, 0) is 16.0 Å².